The molecule has 0 N–H and O–H groups in total. The van der Waals surface area contributed by atoms with E-state index in [1.165, 1.54) is 4.68 Å². The lowest BCUT2D eigenvalue weighted by atomic mass is 9.92. The van der Waals surface area contributed by atoms with E-state index in [0.29, 0.717) is 31.0 Å². The molecule has 1 fully saturated rings. The fraction of sp³-hybridized carbons (Fsp3) is 0.381. The molecule has 6 heteroatoms. The molecule has 1 aromatic carbocycles. The highest BCUT2D eigenvalue weighted by Crippen LogP contribution is 2.24. The summed E-state index contributed by atoms with van der Waals surface area (Å²) in [5, 5.41) is 5.43. The van der Waals surface area contributed by atoms with Gasteiger partial charge < -0.3 is 9.32 Å². The molecule has 2 aromatic heterocycles. The minimum Gasteiger partial charge on any atom is -0.451 e. The molecule has 3 heterocycles. The number of furan rings is 1. The van der Waals surface area contributed by atoms with Gasteiger partial charge in [0.15, 0.2) is 5.76 Å². The van der Waals surface area contributed by atoms with Crippen LogP contribution in [0.15, 0.2) is 51.7 Å². The van der Waals surface area contributed by atoms with Gasteiger partial charge >= 0.3 is 0 Å². The average Bonchev–Trinajstić information content (AvgIpc) is 3.01. The summed E-state index contributed by atoms with van der Waals surface area (Å²) in [7, 11) is 0. The monoisotopic (exact) mass is 365 g/mol. The molecule has 1 amide bonds. The van der Waals surface area contributed by atoms with Gasteiger partial charge in [-0.15, -0.1) is 0 Å². The Hall–Kier alpha value is -2.89. The van der Waals surface area contributed by atoms with Crippen molar-refractivity contribution in [3.63, 3.8) is 0 Å². The van der Waals surface area contributed by atoms with Gasteiger partial charge in [0.25, 0.3) is 11.5 Å². The average molecular weight is 365 g/mol. The van der Waals surface area contributed by atoms with Gasteiger partial charge in [0.05, 0.1) is 12.2 Å². The first kappa shape index (κ1) is 17.5. The summed E-state index contributed by atoms with van der Waals surface area (Å²) in [5.74, 6) is 0.476. The Balaban J connectivity index is 1.42. The summed E-state index contributed by atoms with van der Waals surface area (Å²) >= 11 is 0. The van der Waals surface area contributed by atoms with Gasteiger partial charge in [0.2, 0.25) is 0 Å². The standard InChI is InChI=1S/C21H23N3O3/c1-21(2,3)18-8-9-19(25)24(22-18)13-14-11-23(12-14)20(26)17-10-15-6-4-5-7-16(15)27-17/h4-10,14H,11-13H2,1-3H3. The van der Waals surface area contributed by atoms with Gasteiger partial charge in [-0.2, -0.15) is 5.10 Å². The van der Waals surface area contributed by atoms with Crippen molar-refractivity contribution in [1.82, 2.24) is 14.7 Å². The van der Waals surface area contributed by atoms with Gasteiger partial charge in [-0.1, -0.05) is 39.0 Å². The van der Waals surface area contributed by atoms with Crippen molar-refractivity contribution in [2.75, 3.05) is 13.1 Å². The van der Waals surface area contributed by atoms with Crippen LogP contribution in [0.25, 0.3) is 11.0 Å². The summed E-state index contributed by atoms with van der Waals surface area (Å²) < 4.78 is 7.18. The quantitative estimate of drug-likeness (QED) is 0.715. The Kier molecular flexibility index (Phi) is 4.13. The Labute approximate surface area is 157 Å². The van der Waals surface area contributed by atoms with E-state index in [1.807, 2.05) is 24.3 Å². The highest BCUT2D eigenvalue weighted by Gasteiger charge is 2.33. The molecule has 0 radical (unpaired) electrons. The summed E-state index contributed by atoms with van der Waals surface area (Å²) in [6, 6.07) is 12.7. The topological polar surface area (TPSA) is 68.3 Å². The third kappa shape index (κ3) is 3.39. The summed E-state index contributed by atoms with van der Waals surface area (Å²) in [6.07, 6.45) is 0. The zero-order valence-electron chi connectivity index (χ0n) is 15.8. The Morgan fingerprint density at radius 2 is 1.93 bits per heavy atom. The van der Waals surface area contributed by atoms with Crippen molar-refractivity contribution in [1.29, 1.82) is 0 Å². The number of amides is 1. The number of fused-ring (bicyclic) bond motifs is 1. The zero-order chi connectivity index (χ0) is 19.2. The first-order valence-electron chi connectivity index (χ1n) is 9.18. The van der Waals surface area contributed by atoms with Gasteiger partial charge in [-0.25, -0.2) is 4.68 Å². The molecule has 0 atom stereocenters. The largest absolute Gasteiger partial charge is 0.451 e. The second-order valence-corrected chi connectivity index (χ2v) is 8.21. The number of carbonyl (C=O) groups excluding carboxylic acids is 1. The van der Waals surface area contributed by atoms with Crippen molar-refractivity contribution in [2.24, 2.45) is 5.92 Å². The van der Waals surface area contributed by atoms with Crippen molar-refractivity contribution < 1.29 is 9.21 Å². The lowest BCUT2D eigenvalue weighted by molar-refractivity contribution is 0.0429. The molecular weight excluding hydrogens is 342 g/mol. The molecule has 1 saturated heterocycles. The SMILES string of the molecule is CC(C)(C)c1ccc(=O)n(CC2CN(C(=O)c3cc4ccccc4o3)C2)n1. The third-order valence-electron chi connectivity index (χ3n) is 4.95. The number of rotatable bonds is 3. The van der Waals surface area contributed by atoms with Crippen LogP contribution in [0.2, 0.25) is 0 Å². The molecule has 0 bridgehead atoms. The minimum absolute atomic E-state index is 0.105. The van der Waals surface area contributed by atoms with Gasteiger partial charge in [-0.05, 0) is 18.2 Å². The maximum Gasteiger partial charge on any atom is 0.289 e. The highest BCUT2D eigenvalue weighted by molar-refractivity contribution is 5.96. The van der Waals surface area contributed by atoms with E-state index in [9.17, 15) is 9.59 Å². The number of aromatic nitrogens is 2. The minimum atomic E-state index is -0.113. The van der Waals surface area contributed by atoms with Crippen LogP contribution in [-0.4, -0.2) is 33.7 Å². The van der Waals surface area contributed by atoms with Crippen molar-refractivity contribution in [2.45, 2.75) is 32.7 Å². The first-order chi connectivity index (χ1) is 12.8. The number of hydrogen-bond donors (Lipinski definition) is 0. The summed E-state index contributed by atoms with van der Waals surface area (Å²) in [5.41, 5.74) is 1.38. The van der Waals surface area contributed by atoms with Gasteiger partial charge in [0, 0.05) is 35.9 Å². The molecule has 140 valence electrons. The second-order valence-electron chi connectivity index (χ2n) is 8.21. The van der Waals surface area contributed by atoms with Crippen LogP contribution < -0.4 is 5.56 Å². The molecule has 0 unspecified atom stereocenters. The molecule has 1 aliphatic heterocycles. The maximum absolute atomic E-state index is 12.6. The lowest BCUT2D eigenvalue weighted by Gasteiger charge is -2.38. The predicted octanol–water partition coefficient (Wildman–Crippen LogP) is 3.06. The predicted molar refractivity (Wildman–Crippen MR) is 103 cm³/mol. The van der Waals surface area contributed by atoms with E-state index >= 15 is 0 Å². The van der Waals surface area contributed by atoms with Crippen molar-refractivity contribution in [3.05, 3.63) is 64.3 Å². The number of likely N-dealkylation sites (tertiary alicyclic amines) is 1. The summed E-state index contributed by atoms with van der Waals surface area (Å²) in [4.78, 5) is 26.5. The zero-order valence-corrected chi connectivity index (χ0v) is 15.8. The molecular formula is C21H23N3O3. The molecule has 0 spiro atoms. The molecule has 0 aliphatic carbocycles. The normalized spacial score (nSPS) is 15.1. The van der Waals surface area contributed by atoms with E-state index in [0.717, 1.165) is 11.1 Å². The molecule has 4 rings (SSSR count). The van der Waals surface area contributed by atoms with Gasteiger partial charge in [0.1, 0.15) is 5.58 Å². The second kappa shape index (κ2) is 6.37. The number of benzene rings is 1. The van der Waals surface area contributed by atoms with E-state index in [2.05, 4.69) is 25.9 Å². The number of hydrogen-bond acceptors (Lipinski definition) is 4. The van der Waals surface area contributed by atoms with Crippen LogP contribution in [0.4, 0.5) is 0 Å². The number of para-hydroxylation sites is 1. The number of nitrogens with zero attached hydrogens (tertiary/aromatic N) is 3. The van der Waals surface area contributed by atoms with Crippen molar-refractivity contribution in [3.8, 4) is 0 Å². The highest BCUT2D eigenvalue weighted by atomic mass is 16.3. The Bertz CT molecular complexity index is 1020. The van der Waals surface area contributed by atoms with Crippen LogP contribution >= 0.6 is 0 Å². The van der Waals surface area contributed by atoms with Crippen LogP contribution in [0.3, 0.4) is 0 Å². The molecule has 6 nitrogen and oxygen atoms in total. The van der Waals surface area contributed by atoms with Crippen molar-refractivity contribution >= 4 is 16.9 Å². The summed E-state index contributed by atoms with van der Waals surface area (Å²) in [6.45, 7) is 7.93. The smallest absolute Gasteiger partial charge is 0.289 e. The van der Waals surface area contributed by atoms with E-state index in [1.54, 1.807) is 23.1 Å². The number of carbonyl (C=O) groups is 1. The van der Waals surface area contributed by atoms with Gasteiger partial charge in [-0.3, -0.25) is 9.59 Å². The molecule has 3 aromatic rings. The van der Waals surface area contributed by atoms with Crippen LogP contribution in [0.5, 0.6) is 0 Å². The Morgan fingerprint density at radius 3 is 2.63 bits per heavy atom. The van der Waals surface area contributed by atoms with Crippen LogP contribution in [0, 0.1) is 5.92 Å². The third-order valence-corrected chi connectivity index (χ3v) is 4.95. The molecule has 0 saturated carbocycles. The Morgan fingerprint density at radius 1 is 1.19 bits per heavy atom. The van der Waals surface area contributed by atoms with Crippen LogP contribution in [0.1, 0.15) is 37.0 Å². The van der Waals surface area contributed by atoms with Crippen LogP contribution in [-0.2, 0) is 12.0 Å². The lowest BCUT2D eigenvalue weighted by Crippen LogP contribution is -2.52. The fourth-order valence-corrected chi connectivity index (χ4v) is 3.32. The molecule has 27 heavy (non-hydrogen) atoms. The van der Waals surface area contributed by atoms with E-state index in [-0.39, 0.29) is 22.8 Å². The van der Waals surface area contributed by atoms with E-state index < -0.39 is 0 Å². The first-order valence-corrected chi connectivity index (χ1v) is 9.18. The van der Waals surface area contributed by atoms with E-state index in [4.69, 9.17) is 4.42 Å². The molecule has 1 aliphatic rings. The fourth-order valence-electron chi connectivity index (χ4n) is 3.32. The maximum atomic E-state index is 12.6.